The van der Waals surface area contributed by atoms with Crippen molar-refractivity contribution in [1.29, 1.82) is 0 Å². The highest BCUT2D eigenvalue weighted by molar-refractivity contribution is 5.48. The molecule has 2 aliphatic rings. The molecule has 1 aromatic heterocycles. The fraction of sp³-hybridized carbons (Fsp3) is 0.812. The Balaban J connectivity index is 1.64. The molecule has 1 heterocycles. The van der Waals surface area contributed by atoms with E-state index in [0.717, 1.165) is 31.1 Å². The maximum absolute atomic E-state index is 4.51. The molecule has 0 saturated heterocycles. The van der Waals surface area contributed by atoms with Crippen molar-refractivity contribution in [2.24, 2.45) is 11.3 Å². The van der Waals surface area contributed by atoms with Crippen molar-refractivity contribution in [1.82, 2.24) is 10.2 Å². The Morgan fingerprint density at radius 1 is 1.26 bits per heavy atom. The van der Waals surface area contributed by atoms with Crippen molar-refractivity contribution in [3.63, 3.8) is 0 Å². The first-order chi connectivity index (χ1) is 9.14. The van der Waals surface area contributed by atoms with Gasteiger partial charge in [0.1, 0.15) is 0 Å². The summed E-state index contributed by atoms with van der Waals surface area (Å²) in [5.41, 5.74) is 3.25. The minimum absolute atomic E-state index is 0.429. The second-order valence-corrected chi connectivity index (χ2v) is 7.26. The first-order valence-corrected chi connectivity index (χ1v) is 7.94. The first kappa shape index (κ1) is 13.0. The number of nitrogens with one attached hydrogen (secondary N) is 2. The summed E-state index contributed by atoms with van der Waals surface area (Å²) in [4.78, 5) is 0. The van der Waals surface area contributed by atoms with Crippen LogP contribution in [0.3, 0.4) is 0 Å². The van der Waals surface area contributed by atoms with Crippen LogP contribution in [0.2, 0.25) is 0 Å². The van der Waals surface area contributed by atoms with Crippen molar-refractivity contribution < 1.29 is 0 Å². The monoisotopic (exact) mass is 261 g/mol. The zero-order valence-electron chi connectivity index (χ0n) is 12.4. The van der Waals surface area contributed by atoms with Gasteiger partial charge in [0, 0.05) is 17.8 Å². The molecule has 0 radical (unpaired) electrons. The number of aromatic amines is 1. The molecule has 2 aliphatic carbocycles. The SMILES string of the molecule is CC1(C)CCc2[nH]nc(NCC3CCCCC3)c2C1. The van der Waals surface area contributed by atoms with Gasteiger partial charge in [-0.3, -0.25) is 5.10 Å². The Morgan fingerprint density at radius 2 is 2.05 bits per heavy atom. The van der Waals surface area contributed by atoms with Crippen LogP contribution in [-0.2, 0) is 12.8 Å². The Bertz CT molecular complexity index is 427. The van der Waals surface area contributed by atoms with Gasteiger partial charge in [0.25, 0.3) is 0 Å². The lowest BCUT2D eigenvalue weighted by Crippen LogP contribution is -2.23. The Labute approximate surface area is 116 Å². The average Bonchev–Trinajstić information content (AvgIpc) is 2.78. The van der Waals surface area contributed by atoms with Gasteiger partial charge in [-0.1, -0.05) is 33.1 Å². The normalized spacial score (nSPS) is 23.1. The van der Waals surface area contributed by atoms with Crippen LogP contribution < -0.4 is 5.32 Å². The van der Waals surface area contributed by atoms with Crippen molar-refractivity contribution in [2.75, 3.05) is 11.9 Å². The smallest absolute Gasteiger partial charge is 0.151 e. The van der Waals surface area contributed by atoms with E-state index < -0.39 is 0 Å². The second-order valence-electron chi connectivity index (χ2n) is 7.26. The Hall–Kier alpha value is -0.990. The summed E-state index contributed by atoms with van der Waals surface area (Å²) in [6, 6.07) is 0. The summed E-state index contributed by atoms with van der Waals surface area (Å²) < 4.78 is 0. The van der Waals surface area contributed by atoms with E-state index in [1.807, 2.05) is 0 Å². The molecule has 3 heteroatoms. The fourth-order valence-electron chi connectivity index (χ4n) is 3.61. The number of hydrogen-bond acceptors (Lipinski definition) is 2. The maximum atomic E-state index is 4.51. The highest BCUT2D eigenvalue weighted by atomic mass is 15.2. The summed E-state index contributed by atoms with van der Waals surface area (Å²) in [7, 11) is 0. The molecule has 0 unspecified atom stereocenters. The molecule has 1 aromatic rings. The van der Waals surface area contributed by atoms with Crippen molar-refractivity contribution in [2.45, 2.75) is 65.2 Å². The molecule has 106 valence electrons. The molecule has 3 nitrogen and oxygen atoms in total. The lowest BCUT2D eigenvalue weighted by Gasteiger charge is -2.29. The number of anilines is 1. The van der Waals surface area contributed by atoms with E-state index in [4.69, 9.17) is 0 Å². The topological polar surface area (TPSA) is 40.7 Å². The predicted octanol–water partition coefficient (Wildman–Crippen LogP) is 3.92. The van der Waals surface area contributed by atoms with E-state index in [2.05, 4.69) is 29.4 Å². The number of hydrogen-bond donors (Lipinski definition) is 2. The molecule has 0 amide bonds. The fourth-order valence-corrected chi connectivity index (χ4v) is 3.61. The molecule has 0 atom stereocenters. The summed E-state index contributed by atoms with van der Waals surface area (Å²) in [5.74, 6) is 1.99. The molecule has 0 spiro atoms. The second kappa shape index (κ2) is 5.18. The number of fused-ring (bicyclic) bond motifs is 1. The van der Waals surface area contributed by atoms with Crippen LogP contribution in [-0.4, -0.2) is 16.7 Å². The number of aryl methyl sites for hydroxylation is 1. The van der Waals surface area contributed by atoms with Crippen LogP contribution in [0.25, 0.3) is 0 Å². The third-order valence-corrected chi connectivity index (χ3v) is 4.94. The molecular weight excluding hydrogens is 234 g/mol. The zero-order valence-corrected chi connectivity index (χ0v) is 12.4. The van der Waals surface area contributed by atoms with Gasteiger partial charge in [-0.25, -0.2) is 0 Å². The molecular formula is C16H27N3. The van der Waals surface area contributed by atoms with Gasteiger partial charge in [-0.2, -0.15) is 5.10 Å². The molecule has 19 heavy (non-hydrogen) atoms. The predicted molar refractivity (Wildman–Crippen MR) is 79.5 cm³/mol. The van der Waals surface area contributed by atoms with Gasteiger partial charge >= 0.3 is 0 Å². The third-order valence-electron chi connectivity index (χ3n) is 4.94. The summed E-state index contributed by atoms with van der Waals surface area (Å²) in [5, 5.41) is 11.4. The van der Waals surface area contributed by atoms with Crippen LogP contribution >= 0.6 is 0 Å². The Morgan fingerprint density at radius 3 is 2.84 bits per heavy atom. The van der Waals surface area contributed by atoms with Gasteiger partial charge in [0.05, 0.1) is 0 Å². The molecule has 2 N–H and O–H groups in total. The minimum Gasteiger partial charge on any atom is -0.368 e. The summed E-state index contributed by atoms with van der Waals surface area (Å²) in [6.07, 6.45) is 10.6. The van der Waals surface area contributed by atoms with Gasteiger partial charge < -0.3 is 5.32 Å². The van der Waals surface area contributed by atoms with Crippen molar-refractivity contribution in [3.8, 4) is 0 Å². The van der Waals surface area contributed by atoms with Crippen LogP contribution in [0.1, 0.15) is 63.6 Å². The van der Waals surface area contributed by atoms with Gasteiger partial charge in [0.15, 0.2) is 5.82 Å². The van der Waals surface area contributed by atoms with Crippen LogP contribution in [0.5, 0.6) is 0 Å². The van der Waals surface area contributed by atoms with Gasteiger partial charge in [-0.15, -0.1) is 0 Å². The molecule has 0 aliphatic heterocycles. The first-order valence-electron chi connectivity index (χ1n) is 7.94. The van der Waals surface area contributed by atoms with Crippen molar-refractivity contribution >= 4 is 5.82 Å². The van der Waals surface area contributed by atoms with Crippen LogP contribution in [0.4, 0.5) is 5.82 Å². The molecule has 1 saturated carbocycles. The minimum atomic E-state index is 0.429. The number of aromatic nitrogens is 2. The van der Waals surface area contributed by atoms with E-state index in [0.29, 0.717) is 5.41 Å². The lowest BCUT2D eigenvalue weighted by atomic mass is 9.76. The van der Waals surface area contributed by atoms with Crippen molar-refractivity contribution in [3.05, 3.63) is 11.3 Å². The lowest BCUT2D eigenvalue weighted by molar-refractivity contribution is 0.314. The highest BCUT2D eigenvalue weighted by Gasteiger charge is 2.29. The van der Waals surface area contributed by atoms with Crippen LogP contribution in [0.15, 0.2) is 0 Å². The maximum Gasteiger partial charge on any atom is 0.151 e. The summed E-state index contributed by atoms with van der Waals surface area (Å²) in [6.45, 7) is 5.85. The largest absolute Gasteiger partial charge is 0.368 e. The van der Waals surface area contributed by atoms with Crippen LogP contribution in [0, 0.1) is 11.3 Å². The van der Waals surface area contributed by atoms with Gasteiger partial charge in [0.2, 0.25) is 0 Å². The van der Waals surface area contributed by atoms with E-state index in [-0.39, 0.29) is 0 Å². The number of rotatable bonds is 3. The van der Waals surface area contributed by atoms with E-state index in [1.165, 1.54) is 49.8 Å². The average molecular weight is 261 g/mol. The van der Waals surface area contributed by atoms with Gasteiger partial charge in [-0.05, 0) is 43.4 Å². The molecule has 1 fully saturated rings. The van der Waals surface area contributed by atoms with E-state index in [1.54, 1.807) is 0 Å². The van der Waals surface area contributed by atoms with E-state index in [9.17, 15) is 0 Å². The Kier molecular flexibility index (Phi) is 3.55. The van der Waals surface area contributed by atoms with E-state index >= 15 is 0 Å². The standard InChI is InChI=1S/C16H27N3/c1-16(2)9-8-14-13(10-16)15(19-18-14)17-11-12-6-4-3-5-7-12/h12H,3-11H2,1-2H3,(H2,17,18,19). The third kappa shape index (κ3) is 2.96. The highest BCUT2D eigenvalue weighted by Crippen LogP contribution is 2.37. The number of H-pyrrole nitrogens is 1. The quantitative estimate of drug-likeness (QED) is 0.866. The number of nitrogens with zero attached hydrogens (tertiary/aromatic N) is 1. The molecule has 3 rings (SSSR count). The molecule has 0 bridgehead atoms. The zero-order chi connectivity index (χ0) is 13.3. The molecule has 0 aromatic carbocycles. The summed E-state index contributed by atoms with van der Waals surface area (Å²) >= 11 is 0.